The van der Waals surface area contributed by atoms with Crippen molar-refractivity contribution in [3.05, 3.63) is 0 Å². The number of amides is 1. The van der Waals surface area contributed by atoms with E-state index in [2.05, 4.69) is 15.6 Å². The molecule has 1 fully saturated rings. The summed E-state index contributed by atoms with van der Waals surface area (Å²) in [5.41, 5.74) is 0. The zero-order chi connectivity index (χ0) is 17.2. The largest absolute Gasteiger partial charge is 0.357 e. The fourth-order valence-electron chi connectivity index (χ4n) is 2.75. The number of carbonyl (C=O) groups excluding carboxylic acids is 1. The molecule has 0 aliphatic heterocycles. The minimum Gasteiger partial charge on any atom is -0.357 e. The van der Waals surface area contributed by atoms with Crippen molar-refractivity contribution in [2.45, 2.75) is 57.2 Å². The number of rotatable bonds is 7. The lowest BCUT2D eigenvalue weighted by Crippen LogP contribution is -2.46. The Morgan fingerprint density at radius 1 is 1.30 bits per heavy atom. The van der Waals surface area contributed by atoms with Crippen LogP contribution in [0.25, 0.3) is 0 Å². The van der Waals surface area contributed by atoms with E-state index in [1.54, 1.807) is 19.0 Å². The van der Waals surface area contributed by atoms with Crippen LogP contribution in [-0.4, -0.2) is 65.2 Å². The third-order valence-electron chi connectivity index (χ3n) is 4.06. The van der Waals surface area contributed by atoms with E-state index < -0.39 is 10.8 Å². The van der Waals surface area contributed by atoms with E-state index in [1.165, 1.54) is 0 Å². The number of nitrogens with zero attached hydrogens (tertiary/aromatic N) is 2. The molecule has 1 aliphatic carbocycles. The Kier molecular flexibility index (Phi) is 9.21. The molecule has 1 aliphatic rings. The predicted molar refractivity (Wildman–Crippen MR) is 97.2 cm³/mol. The summed E-state index contributed by atoms with van der Waals surface area (Å²) < 4.78 is 12.0. The Bertz CT molecular complexity index is 426. The quantitative estimate of drug-likeness (QED) is 0.536. The first-order valence-corrected chi connectivity index (χ1v) is 9.98. The maximum Gasteiger partial charge on any atom is 0.223 e. The van der Waals surface area contributed by atoms with Gasteiger partial charge >= 0.3 is 0 Å². The van der Waals surface area contributed by atoms with E-state index in [9.17, 15) is 9.00 Å². The SMILES string of the molecule is CCNC(=NCCC(=O)N(C)C)NC1CCCC(S(=O)CC)C1. The molecule has 3 unspecified atom stereocenters. The molecule has 0 aromatic heterocycles. The maximum absolute atomic E-state index is 12.0. The Balaban J connectivity index is 2.53. The lowest BCUT2D eigenvalue weighted by Gasteiger charge is -2.30. The van der Waals surface area contributed by atoms with Gasteiger partial charge in [-0.1, -0.05) is 13.3 Å². The fourth-order valence-corrected chi connectivity index (χ4v) is 4.10. The van der Waals surface area contributed by atoms with Crippen LogP contribution in [0.3, 0.4) is 0 Å². The Morgan fingerprint density at radius 2 is 2.04 bits per heavy atom. The fraction of sp³-hybridized carbons (Fsp3) is 0.875. The molecule has 23 heavy (non-hydrogen) atoms. The van der Waals surface area contributed by atoms with Gasteiger partial charge in [-0.3, -0.25) is 14.0 Å². The molecule has 0 heterocycles. The van der Waals surface area contributed by atoms with Crippen LogP contribution < -0.4 is 10.6 Å². The van der Waals surface area contributed by atoms with Crippen LogP contribution in [0.5, 0.6) is 0 Å². The second-order valence-corrected chi connectivity index (χ2v) is 8.10. The van der Waals surface area contributed by atoms with Crippen LogP contribution in [0.1, 0.15) is 46.0 Å². The zero-order valence-corrected chi connectivity index (χ0v) is 15.7. The van der Waals surface area contributed by atoms with Gasteiger partial charge in [0.1, 0.15) is 0 Å². The third kappa shape index (κ3) is 7.33. The molecular weight excluding hydrogens is 312 g/mol. The first kappa shape index (κ1) is 19.9. The van der Waals surface area contributed by atoms with E-state index in [4.69, 9.17) is 0 Å². The summed E-state index contributed by atoms with van der Waals surface area (Å²) in [6.07, 6.45) is 4.59. The highest BCUT2D eigenvalue weighted by molar-refractivity contribution is 7.85. The van der Waals surface area contributed by atoms with Gasteiger partial charge in [-0.25, -0.2) is 0 Å². The smallest absolute Gasteiger partial charge is 0.223 e. The second-order valence-electron chi connectivity index (χ2n) is 6.10. The van der Waals surface area contributed by atoms with Crippen molar-refractivity contribution in [3.63, 3.8) is 0 Å². The highest BCUT2D eigenvalue weighted by Crippen LogP contribution is 2.22. The molecule has 6 nitrogen and oxygen atoms in total. The normalized spacial score (nSPS) is 23.2. The van der Waals surface area contributed by atoms with Gasteiger partial charge in [-0.15, -0.1) is 0 Å². The number of nitrogens with one attached hydrogen (secondary N) is 2. The van der Waals surface area contributed by atoms with Crippen molar-refractivity contribution in [2.24, 2.45) is 4.99 Å². The molecule has 134 valence electrons. The van der Waals surface area contributed by atoms with Gasteiger partial charge in [0, 0.05) is 54.9 Å². The third-order valence-corrected chi connectivity index (χ3v) is 5.80. The number of carbonyl (C=O) groups is 1. The molecule has 3 atom stereocenters. The van der Waals surface area contributed by atoms with Gasteiger partial charge in [0.2, 0.25) is 5.91 Å². The molecular formula is C16H32N4O2S. The lowest BCUT2D eigenvalue weighted by molar-refractivity contribution is -0.128. The van der Waals surface area contributed by atoms with E-state index in [0.717, 1.165) is 43.9 Å². The van der Waals surface area contributed by atoms with Gasteiger partial charge in [0.25, 0.3) is 0 Å². The van der Waals surface area contributed by atoms with Crippen LogP contribution >= 0.6 is 0 Å². The molecule has 0 bridgehead atoms. The van der Waals surface area contributed by atoms with Crippen LogP contribution in [-0.2, 0) is 15.6 Å². The highest BCUT2D eigenvalue weighted by Gasteiger charge is 2.26. The molecule has 1 saturated carbocycles. The molecule has 0 saturated heterocycles. The van der Waals surface area contributed by atoms with E-state index in [-0.39, 0.29) is 5.91 Å². The Morgan fingerprint density at radius 3 is 2.65 bits per heavy atom. The van der Waals surface area contributed by atoms with Crippen LogP contribution in [0.15, 0.2) is 4.99 Å². The van der Waals surface area contributed by atoms with Crippen molar-refractivity contribution in [3.8, 4) is 0 Å². The highest BCUT2D eigenvalue weighted by atomic mass is 32.2. The van der Waals surface area contributed by atoms with Crippen LogP contribution in [0.4, 0.5) is 0 Å². The predicted octanol–water partition coefficient (Wildman–Crippen LogP) is 1.10. The minimum atomic E-state index is -0.720. The zero-order valence-electron chi connectivity index (χ0n) is 14.9. The van der Waals surface area contributed by atoms with Crippen molar-refractivity contribution in [1.82, 2.24) is 15.5 Å². The average molecular weight is 345 g/mol. The van der Waals surface area contributed by atoms with E-state index >= 15 is 0 Å². The molecule has 0 aromatic carbocycles. The summed E-state index contributed by atoms with van der Waals surface area (Å²) in [6.45, 7) is 5.27. The number of hydrogen-bond donors (Lipinski definition) is 2. The molecule has 7 heteroatoms. The number of guanidine groups is 1. The minimum absolute atomic E-state index is 0.0840. The van der Waals surface area contributed by atoms with E-state index in [1.807, 2.05) is 13.8 Å². The first-order chi connectivity index (χ1) is 11.0. The number of aliphatic imine (C=N–C) groups is 1. The number of hydrogen-bond acceptors (Lipinski definition) is 3. The topological polar surface area (TPSA) is 73.8 Å². The van der Waals surface area contributed by atoms with E-state index in [0.29, 0.717) is 24.3 Å². The van der Waals surface area contributed by atoms with Gasteiger partial charge in [0.15, 0.2) is 5.96 Å². The molecule has 0 aromatic rings. The van der Waals surface area contributed by atoms with Crippen molar-refractivity contribution in [2.75, 3.05) is 32.9 Å². The standard InChI is InChI=1S/C16H32N4O2S/c1-5-17-16(18-11-10-15(21)20(3)4)19-13-8-7-9-14(12-13)23(22)6-2/h13-14H,5-12H2,1-4H3,(H2,17,18,19). The van der Waals surface area contributed by atoms with Gasteiger partial charge in [-0.2, -0.15) is 0 Å². The van der Waals surface area contributed by atoms with Crippen molar-refractivity contribution in [1.29, 1.82) is 0 Å². The Hall–Kier alpha value is -1.11. The van der Waals surface area contributed by atoms with Gasteiger partial charge < -0.3 is 15.5 Å². The first-order valence-electron chi connectivity index (χ1n) is 8.60. The summed E-state index contributed by atoms with van der Waals surface area (Å²) in [4.78, 5) is 17.7. The maximum atomic E-state index is 12.0. The second kappa shape index (κ2) is 10.6. The van der Waals surface area contributed by atoms with Crippen molar-refractivity contribution < 1.29 is 9.00 Å². The molecule has 1 amide bonds. The average Bonchev–Trinajstić information content (AvgIpc) is 2.54. The summed E-state index contributed by atoms with van der Waals surface area (Å²) >= 11 is 0. The monoisotopic (exact) mass is 344 g/mol. The molecule has 2 N–H and O–H groups in total. The molecule has 0 spiro atoms. The van der Waals surface area contributed by atoms with Crippen LogP contribution in [0, 0.1) is 0 Å². The molecule has 1 rings (SSSR count). The van der Waals surface area contributed by atoms with Gasteiger partial charge in [-0.05, 0) is 26.2 Å². The summed E-state index contributed by atoms with van der Waals surface area (Å²) in [5.74, 6) is 1.57. The van der Waals surface area contributed by atoms with Crippen LogP contribution in [0.2, 0.25) is 0 Å². The summed E-state index contributed by atoms with van der Waals surface area (Å²) in [6, 6.07) is 0.312. The lowest BCUT2D eigenvalue weighted by atomic mass is 9.95. The molecule has 0 radical (unpaired) electrons. The summed E-state index contributed by atoms with van der Waals surface area (Å²) in [5, 5.41) is 6.97. The Labute approximate surface area is 142 Å². The van der Waals surface area contributed by atoms with Crippen molar-refractivity contribution >= 4 is 22.7 Å². The van der Waals surface area contributed by atoms with Gasteiger partial charge in [0.05, 0.1) is 6.54 Å². The summed E-state index contributed by atoms with van der Waals surface area (Å²) in [7, 11) is 2.79.